The molecule has 0 aliphatic carbocycles. The zero-order valence-electron chi connectivity index (χ0n) is 34.7. The van der Waals surface area contributed by atoms with Crippen molar-refractivity contribution in [3.05, 3.63) is 42.0 Å². The first kappa shape index (κ1) is 50.8. The van der Waals surface area contributed by atoms with Crippen LogP contribution in [-0.4, -0.2) is 82.6 Å². The lowest BCUT2D eigenvalue weighted by molar-refractivity contribution is -0.192. The molecular formula is C43H61NO14. The number of carbonyl (C=O) groups is 7. The molecule has 0 heterocycles. The van der Waals surface area contributed by atoms with Gasteiger partial charge in [-0.1, -0.05) is 75.7 Å². The Hall–Kier alpha value is -5.23. The maximum absolute atomic E-state index is 14.0. The molecule has 5 atom stereocenters. The molecule has 0 aromatic heterocycles. The van der Waals surface area contributed by atoms with E-state index in [-0.39, 0.29) is 18.8 Å². The number of nitrogens with one attached hydrogen (secondary N) is 1. The summed E-state index contributed by atoms with van der Waals surface area (Å²) in [5, 5.41) is 24.3. The highest BCUT2D eigenvalue weighted by molar-refractivity contribution is 5.95. The van der Waals surface area contributed by atoms with Crippen molar-refractivity contribution >= 4 is 41.5 Å². The number of ether oxygens (including phenoxy) is 5. The molecule has 0 saturated carbocycles. The minimum atomic E-state index is -3.11. The normalized spacial score (nSPS) is 14.0. The smallest absolute Gasteiger partial charge is 0.337 e. The Bertz CT molecular complexity index is 1580. The standard InChI is InChI=1S/C43H61NO14/c1-7-9-11-14-17-20-35(47)21-18-15-12-13-16-19-22-37(43(53,42(51)52)29-39(48)57-32(5)55-30(3)45)40(49)44-38(41(50)58-33(6)56-31(4)46)28-34-23-25-36(26-24-34)54-27-10-8-2/h19,22-26,32-33,37-38,53H,7,9,11-18,20-21,27-29H2,1-6H3,(H,44,49)(H,51,52)/t32?,33?,37-,38+,43+/m1/s1. The van der Waals surface area contributed by atoms with Crippen molar-refractivity contribution in [1.29, 1.82) is 0 Å². The van der Waals surface area contributed by atoms with E-state index in [1.54, 1.807) is 31.2 Å². The molecular weight excluding hydrogens is 754 g/mol. The van der Waals surface area contributed by atoms with Crippen LogP contribution in [0.15, 0.2) is 36.4 Å². The van der Waals surface area contributed by atoms with Gasteiger partial charge in [-0.2, -0.15) is 0 Å². The van der Waals surface area contributed by atoms with Crippen molar-refractivity contribution in [2.75, 3.05) is 6.61 Å². The van der Waals surface area contributed by atoms with Gasteiger partial charge in [-0.3, -0.25) is 24.0 Å². The van der Waals surface area contributed by atoms with Crippen LogP contribution >= 0.6 is 0 Å². The fourth-order valence-corrected chi connectivity index (χ4v) is 5.81. The number of carboxylic acids is 1. The van der Waals surface area contributed by atoms with E-state index in [0.717, 1.165) is 64.9 Å². The number of benzene rings is 1. The van der Waals surface area contributed by atoms with E-state index in [0.29, 0.717) is 37.0 Å². The van der Waals surface area contributed by atoms with Crippen molar-refractivity contribution < 1.29 is 67.5 Å². The molecule has 0 fully saturated rings. The van der Waals surface area contributed by atoms with Gasteiger partial charge in [-0.25, -0.2) is 9.59 Å². The van der Waals surface area contributed by atoms with Crippen LogP contribution in [-0.2, 0) is 58.9 Å². The first-order valence-electron chi connectivity index (χ1n) is 19.8. The number of rotatable bonds is 29. The second-order valence-electron chi connectivity index (χ2n) is 13.9. The lowest BCUT2D eigenvalue weighted by atomic mass is 9.82. The van der Waals surface area contributed by atoms with Gasteiger partial charge in [0.2, 0.25) is 18.5 Å². The predicted molar refractivity (Wildman–Crippen MR) is 212 cm³/mol. The molecule has 0 saturated heterocycles. The van der Waals surface area contributed by atoms with E-state index in [1.165, 1.54) is 26.3 Å². The van der Waals surface area contributed by atoms with Crippen LogP contribution in [0.4, 0.5) is 0 Å². The fourth-order valence-electron chi connectivity index (χ4n) is 5.81. The maximum atomic E-state index is 14.0. The number of unbranched alkanes of at least 4 members (excludes halogenated alkanes) is 8. The molecule has 3 N–H and O–H groups in total. The first-order valence-corrected chi connectivity index (χ1v) is 19.8. The average molecular weight is 816 g/mol. The molecule has 0 bridgehead atoms. The van der Waals surface area contributed by atoms with E-state index in [9.17, 15) is 43.8 Å². The Labute approximate surface area is 341 Å². The highest BCUT2D eigenvalue weighted by Crippen LogP contribution is 2.27. The van der Waals surface area contributed by atoms with Crippen molar-refractivity contribution in [2.24, 2.45) is 5.92 Å². The van der Waals surface area contributed by atoms with E-state index in [1.807, 2.05) is 0 Å². The Morgan fingerprint density at radius 2 is 1.38 bits per heavy atom. The number of amides is 1. The molecule has 1 aromatic rings. The first-order chi connectivity index (χ1) is 27.5. The van der Waals surface area contributed by atoms with Gasteiger partial charge in [0.15, 0.2) is 5.60 Å². The van der Waals surface area contributed by atoms with Gasteiger partial charge in [-0.05, 0) is 50.3 Å². The van der Waals surface area contributed by atoms with Gasteiger partial charge in [-0.15, -0.1) is 5.92 Å². The van der Waals surface area contributed by atoms with Crippen LogP contribution in [0, 0.1) is 17.8 Å². The molecule has 15 heteroatoms. The number of ketones is 1. The van der Waals surface area contributed by atoms with E-state index >= 15 is 0 Å². The number of hydrogen-bond donors (Lipinski definition) is 3. The van der Waals surface area contributed by atoms with Gasteiger partial charge in [0.05, 0.1) is 12.3 Å². The summed E-state index contributed by atoms with van der Waals surface area (Å²) in [6, 6.07) is 4.96. The number of hydrogen-bond acceptors (Lipinski definition) is 13. The quantitative estimate of drug-likeness (QED) is 0.0292. The van der Waals surface area contributed by atoms with Gasteiger partial charge >= 0.3 is 29.8 Å². The highest BCUT2D eigenvalue weighted by Gasteiger charge is 2.50. The third-order valence-corrected chi connectivity index (χ3v) is 8.74. The molecule has 15 nitrogen and oxygen atoms in total. The molecule has 1 amide bonds. The third kappa shape index (κ3) is 21.3. The molecule has 2 unspecified atom stereocenters. The fraction of sp³-hybridized carbons (Fsp3) is 0.605. The van der Waals surface area contributed by atoms with Crippen molar-refractivity contribution in [1.82, 2.24) is 5.32 Å². The number of esters is 4. The van der Waals surface area contributed by atoms with Crippen LogP contribution < -0.4 is 10.1 Å². The van der Waals surface area contributed by atoms with E-state index in [4.69, 9.17) is 23.7 Å². The largest absolute Gasteiger partial charge is 0.481 e. The summed E-state index contributed by atoms with van der Waals surface area (Å²) in [4.78, 5) is 88.0. The monoisotopic (exact) mass is 815 g/mol. The Kier molecular flexibility index (Phi) is 24.7. The number of carbonyl (C=O) groups excluding carboxylic acids is 6. The number of Topliss-reactive ketones (excluding diaryl/α,β-unsaturated/α-hetero) is 1. The summed E-state index contributed by atoms with van der Waals surface area (Å²) in [7, 11) is 0. The summed E-state index contributed by atoms with van der Waals surface area (Å²) >= 11 is 0. The van der Waals surface area contributed by atoms with Crippen LogP contribution in [0.25, 0.3) is 0 Å². The average Bonchev–Trinajstić information content (AvgIpc) is 3.13. The van der Waals surface area contributed by atoms with E-state index in [2.05, 4.69) is 24.1 Å². The van der Waals surface area contributed by atoms with Crippen LogP contribution in [0.3, 0.4) is 0 Å². The molecule has 322 valence electrons. The summed E-state index contributed by atoms with van der Waals surface area (Å²) in [6.07, 6.45) is 8.09. The number of carboxylic acid groups (broad SMARTS) is 1. The SMILES string of the molecule is CC#CCOc1ccc(C[C@H](NC(=O)[C@@H](C=CCCCCCCC(=O)CCCCCCC)[C@@](O)(CC(=O)OC(C)OC(C)=O)C(=O)O)C(=O)OC(C)OC(C)=O)cc1. The van der Waals surface area contributed by atoms with Crippen molar-refractivity contribution in [3.63, 3.8) is 0 Å². The van der Waals surface area contributed by atoms with Crippen LogP contribution in [0.5, 0.6) is 5.75 Å². The maximum Gasteiger partial charge on any atom is 0.337 e. The zero-order valence-corrected chi connectivity index (χ0v) is 34.7. The third-order valence-electron chi connectivity index (χ3n) is 8.74. The van der Waals surface area contributed by atoms with Gasteiger partial charge in [0, 0.05) is 47.0 Å². The van der Waals surface area contributed by atoms with Crippen molar-refractivity contribution in [2.45, 2.75) is 156 Å². The Morgan fingerprint density at radius 3 is 1.93 bits per heavy atom. The Balaban J connectivity index is 3.29. The van der Waals surface area contributed by atoms with Crippen LogP contribution in [0.1, 0.15) is 131 Å². The number of aliphatic hydroxyl groups is 1. The van der Waals surface area contributed by atoms with Gasteiger partial charge < -0.3 is 39.2 Å². The van der Waals surface area contributed by atoms with E-state index < -0.39 is 72.3 Å². The minimum absolute atomic E-state index is 0.146. The second kappa shape index (κ2) is 28.2. The minimum Gasteiger partial charge on any atom is -0.481 e. The summed E-state index contributed by atoms with van der Waals surface area (Å²) in [5.41, 5.74) is -2.60. The highest BCUT2D eigenvalue weighted by atomic mass is 16.7. The van der Waals surface area contributed by atoms with Gasteiger partial charge in [0.1, 0.15) is 24.2 Å². The topological polar surface area (TPSA) is 218 Å². The molecule has 0 radical (unpaired) electrons. The molecule has 0 aliphatic heterocycles. The summed E-state index contributed by atoms with van der Waals surface area (Å²) in [6.45, 7) is 8.63. The number of aliphatic carboxylic acids is 1. The zero-order chi connectivity index (χ0) is 43.5. The van der Waals surface area contributed by atoms with Crippen LogP contribution in [0.2, 0.25) is 0 Å². The lowest BCUT2D eigenvalue weighted by Crippen LogP contribution is -2.56. The van der Waals surface area contributed by atoms with Crippen molar-refractivity contribution in [3.8, 4) is 17.6 Å². The van der Waals surface area contributed by atoms with Gasteiger partial charge in [0.25, 0.3) is 0 Å². The summed E-state index contributed by atoms with van der Waals surface area (Å²) in [5.74, 6) is -2.73. The molecule has 0 aliphatic rings. The predicted octanol–water partition coefficient (Wildman–Crippen LogP) is 5.67. The number of allylic oxidation sites excluding steroid dienone is 1. The molecule has 58 heavy (non-hydrogen) atoms. The lowest BCUT2D eigenvalue weighted by Gasteiger charge is -2.30. The Morgan fingerprint density at radius 1 is 0.810 bits per heavy atom. The second-order valence-corrected chi connectivity index (χ2v) is 13.9. The molecule has 0 spiro atoms. The summed E-state index contributed by atoms with van der Waals surface area (Å²) < 4.78 is 25.4. The molecule has 1 aromatic carbocycles. The molecule has 1 rings (SSSR count).